The Morgan fingerprint density at radius 3 is 2.42 bits per heavy atom. The van der Waals surface area contributed by atoms with Crippen LogP contribution in [0.2, 0.25) is 0 Å². The van der Waals surface area contributed by atoms with Crippen molar-refractivity contribution in [2.24, 2.45) is 5.92 Å². The average Bonchev–Trinajstić information content (AvgIpc) is 3.51. The zero-order valence-electron chi connectivity index (χ0n) is 18.1. The van der Waals surface area contributed by atoms with Gasteiger partial charge in [-0.1, -0.05) is 18.0 Å². The Hall–Kier alpha value is -3.03. The van der Waals surface area contributed by atoms with E-state index >= 15 is 0 Å². The number of piperidine rings is 1. The zero-order valence-corrected chi connectivity index (χ0v) is 18.1. The summed E-state index contributed by atoms with van der Waals surface area (Å²) in [5.41, 5.74) is 1.34. The molecule has 0 radical (unpaired) electrons. The summed E-state index contributed by atoms with van der Waals surface area (Å²) in [6.07, 6.45) is 6.06. The van der Waals surface area contributed by atoms with Gasteiger partial charge in [-0.2, -0.15) is 0 Å². The molecule has 2 aromatic rings. The van der Waals surface area contributed by atoms with Gasteiger partial charge in [0, 0.05) is 42.7 Å². The lowest BCUT2D eigenvalue weighted by Gasteiger charge is -2.32. The highest BCUT2D eigenvalue weighted by Crippen LogP contribution is 2.32. The second-order valence-electron chi connectivity index (χ2n) is 8.22. The van der Waals surface area contributed by atoms with E-state index in [-0.39, 0.29) is 23.5 Å². The molecule has 1 saturated heterocycles. The van der Waals surface area contributed by atoms with Gasteiger partial charge in [-0.25, -0.2) is 0 Å². The maximum Gasteiger partial charge on any atom is 0.294 e. The number of nitrogens with zero attached hydrogens (tertiary/aromatic N) is 2. The first-order valence-corrected chi connectivity index (χ1v) is 10.9. The van der Waals surface area contributed by atoms with Crippen molar-refractivity contribution < 1.29 is 23.6 Å². The highest BCUT2D eigenvalue weighted by Gasteiger charge is 2.31. The molecule has 31 heavy (non-hydrogen) atoms. The van der Waals surface area contributed by atoms with Crippen molar-refractivity contribution in [2.75, 3.05) is 32.6 Å². The van der Waals surface area contributed by atoms with Crippen LogP contribution in [-0.2, 0) is 4.79 Å². The van der Waals surface area contributed by atoms with Gasteiger partial charge in [-0.05, 0) is 37.8 Å². The molecule has 2 amide bonds. The largest absolute Gasteiger partial charge is 0.493 e. The predicted molar refractivity (Wildman–Crippen MR) is 115 cm³/mol. The number of aromatic nitrogens is 1. The molecule has 1 N–H and O–H groups in total. The summed E-state index contributed by atoms with van der Waals surface area (Å²) < 4.78 is 15.8. The van der Waals surface area contributed by atoms with Gasteiger partial charge in [-0.3, -0.25) is 9.59 Å². The van der Waals surface area contributed by atoms with E-state index in [9.17, 15) is 9.59 Å². The number of hydrogen-bond acceptors (Lipinski definition) is 6. The Balaban J connectivity index is 1.34. The molecule has 1 saturated carbocycles. The van der Waals surface area contributed by atoms with Crippen LogP contribution in [0.15, 0.2) is 28.8 Å². The first-order chi connectivity index (χ1) is 15.1. The highest BCUT2D eigenvalue weighted by molar-refractivity contribution is 6.02. The monoisotopic (exact) mass is 427 g/mol. The third-order valence-corrected chi connectivity index (χ3v) is 6.32. The minimum absolute atomic E-state index is 0.161. The molecule has 1 aliphatic heterocycles. The standard InChI is InChI=1S/C23H29N3O5/c1-29-19-8-7-17(13-20(19)30-2)24-22(27)21-14-18(25-31-21)15-9-11-26(12-10-15)23(28)16-5-3-4-6-16/h7-8,13-16H,3-6,9-12H2,1-2H3,(H,24,27). The van der Waals surface area contributed by atoms with Crippen LogP contribution >= 0.6 is 0 Å². The lowest BCUT2D eigenvalue weighted by Crippen LogP contribution is -2.40. The predicted octanol–water partition coefficient (Wildman–Crippen LogP) is 3.84. The van der Waals surface area contributed by atoms with Crippen LogP contribution in [0.4, 0.5) is 5.69 Å². The topological polar surface area (TPSA) is 93.9 Å². The molecule has 166 valence electrons. The Labute approximate surface area is 181 Å². The van der Waals surface area contributed by atoms with Crippen molar-refractivity contribution in [3.05, 3.63) is 35.7 Å². The average molecular weight is 428 g/mol. The summed E-state index contributed by atoms with van der Waals surface area (Å²) >= 11 is 0. The lowest BCUT2D eigenvalue weighted by atomic mass is 9.92. The molecule has 8 nitrogen and oxygen atoms in total. The Kier molecular flexibility index (Phi) is 6.44. The normalized spacial score (nSPS) is 17.5. The second-order valence-corrected chi connectivity index (χ2v) is 8.22. The number of carbonyl (C=O) groups excluding carboxylic acids is 2. The molecule has 0 spiro atoms. The van der Waals surface area contributed by atoms with Gasteiger partial charge in [-0.15, -0.1) is 0 Å². The first kappa shape index (κ1) is 21.2. The number of anilines is 1. The van der Waals surface area contributed by atoms with Crippen molar-refractivity contribution in [1.29, 1.82) is 0 Å². The Morgan fingerprint density at radius 2 is 1.74 bits per heavy atom. The number of ether oxygens (including phenoxy) is 2. The van der Waals surface area contributed by atoms with Gasteiger partial charge in [0.1, 0.15) is 0 Å². The number of hydrogen-bond donors (Lipinski definition) is 1. The van der Waals surface area contributed by atoms with Crippen molar-refractivity contribution in [1.82, 2.24) is 10.1 Å². The maximum absolute atomic E-state index is 12.6. The summed E-state index contributed by atoms with van der Waals surface area (Å²) in [5.74, 6) is 1.62. The summed E-state index contributed by atoms with van der Waals surface area (Å²) in [7, 11) is 3.10. The minimum atomic E-state index is -0.375. The molecule has 0 atom stereocenters. The van der Waals surface area contributed by atoms with E-state index in [0.29, 0.717) is 23.1 Å². The maximum atomic E-state index is 12.6. The van der Waals surface area contributed by atoms with Crippen LogP contribution in [0.3, 0.4) is 0 Å². The zero-order chi connectivity index (χ0) is 21.8. The molecule has 4 rings (SSSR count). The number of methoxy groups -OCH3 is 2. The number of likely N-dealkylation sites (tertiary alicyclic amines) is 1. The van der Waals surface area contributed by atoms with Crippen molar-refractivity contribution >= 4 is 17.5 Å². The fourth-order valence-electron chi connectivity index (χ4n) is 4.52. The van der Waals surface area contributed by atoms with Gasteiger partial charge >= 0.3 is 0 Å². The van der Waals surface area contributed by atoms with Crippen LogP contribution in [-0.4, -0.2) is 49.2 Å². The number of benzene rings is 1. The number of amides is 2. The summed E-state index contributed by atoms with van der Waals surface area (Å²) in [6, 6.07) is 6.84. The second kappa shape index (κ2) is 9.41. The Morgan fingerprint density at radius 1 is 1.03 bits per heavy atom. The molecule has 2 fully saturated rings. The smallest absolute Gasteiger partial charge is 0.294 e. The highest BCUT2D eigenvalue weighted by atomic mass is 16.5. The SMILES string of the molecule is COc1ccc(NC(=O)c2cc(C3CCN(C(=O)C4CCCC4)CC3)no2)cc1OC. The van der Waals surface area contributed by atoms with Crippen molar-refractivity contribution in [3.8, 4) is 11.5 Å². The minimum Gasteiger partial charge on any atom is -0.493 e. The van der Waals surface area contributed by atoms with Gasteiger partial charge in [0.05, 0.1) is 19.9 Å². The van der Waals surface area contributed by atoms with Gasteiger partial charge in [0.2, 0.25) is 11.7 Å². The molecular weight excluding hydrogens is 398 g/mol. The first-order valence-electron chi connectivity index (χ1n) is 10.9. The molecular formula is C23H29N3O5. The van der Waals surface area contributed by atoms with E-state index in [2.05, 4.69) is 10.5 Å². The summed E-state index contributed by atoms with van der Waals surface area (Å²) in [5, 5.41) is 6.92. The van der Waals surface area contributed by atoms with Crippen LogP contribution < -0.4 is 14.8 Å². The van der Waals surface area contributed by atoms with E-state index in [4.69, 9.17) is 14.0 Å². The molecule has 2 heterocycles. The van der Waals surface area contributed by atoms with E-state index < -0.39 is 0 Å². The van der Waals surface area contributed by atoms with E-state index in [0.717, 1.165) is 44.5 Å². The van der Waals surface area contributed by atoms with Crippen molar-refractivity contribution in [2.45, 2.75) is 44.4 Å². The molecule has 1 aromatic carbocycles. The molecule has 2 aliphatic rings. The molecule has 1 aromatic heterocycles. The van der Waals surface area contributed by atoms with Crippen LogP contribution in [0.5, 0.6) is 11.5 Å². The quantitative estimate of drug-likeness (QED) is 0.753. The summed E-state index contributed by atoms with van der Waals surface area (Å²) in [4.78, 5) is 27.2. The fourth-order valence-corrected chi connectivity index (χ4v) is 4.52. The molecule has 0 bridgehead atoms. The lowest BCUT2D eigenvalue weighted by molar-refractivity contribution is -0.136. The van der Waals surface area contributed by atoms with Gasteiger partial charge < -0.3 is 24.2 Å². The molecule has 1 aliphatic carbocycles. The van der Waals surface area contributed by atoms with E-state index in [1.165, 1.54) is 12.8 Å². The van der Waals surface area contributed by atoms with Crippen LogP contribution in [0.25, 0.3) is 0 Å². The Bertz CT molecular complexity index is 927. The van der Waals surface area contributed by atoms with Crippen LogP contribution in [0.1, 0.15) is 60.7 Å². The van der Waals surface area contributed by atoms with Gasteiger partial charge in [0.25, 0.3) is 5.91 Å². The molecule has 0 unspecified atom stereocenters. The number of nitrogens with one attached hydrogen (secondary N) is 1. The van der Waals surface area contributed by atoms with E-state index in [1.807, 2.05) is 4.90 Å². The summed E-state index contributed by atoms with van der Waals surface area (Å²) in [6.45, 7) is 1.47. The number of carbonyl (C=O) groups is 2. The van der Waals surface area contributed by atoms with Crippen molar-refractivity contribution in [3.63, 3.8) is 0 Å². The fraction of sp³-hybridized carbons (Fsp3) is 0.522. The van der Waals surface area contributed by atoms with Gasteiger partial charge in [0.15, 0.2) is 11.5 Å². The molecule has 8 heteroatoms. The number of rotatable bonds is 6. The third-order valence-electron chi connectivity index (χ3n) is 6.32. The van der Waals surface area contributed by atoms with Crippen LogP contribution in [0, 0.1) is 5.92 Å². The third kappa shape index (κ3) is 4.68. The van der Waals surface area contributed by atoms with E-state index in [1.54, 1.807) is 38.5 Å².